The summed E-state index contributed by atoms with van der Waals surface area (Å²) in [6.45, 7) is 0. The molecule has 0 fully saturated rings. The first-order valence-corrected chi connectivity index (χ1v) is 6.71. The topological polar surface area (TPSA) is 47.0 Å². The molecule has 0 saturated heterocycles. The Morgan fingerprint density at radius 1 is 1.26 bits per heavy atom. The predicted octanol–water partition coefficient (Wildman–Crippen LogP) is 3.41. The maximum absolute atomic E-state index is 5.38. The molecule has 0 atom stereocenters. The lowest BCUT2D eigenvalue weighted by Crippen LogP contribution is -1.90. The van der Waals surface area contributed by atoms with E-state index in [1.165, 1.54) is 0 Å². The van der Waals surface area contributed by atoms with Gasteiger partial charge in [0.15, 0.2) is 0 Å². The Balaban J connectivity index is 2.15. The highest BCUT2D eigenvalue weighted by molar-refractivity contribution is 7.21. The maximum Gasteiger partial charge on any atom is 0.129 e. The van der Waals surface area contributed by atoms with Crippen LogP contribution >= 0.6 is 11.3 Å². The third kappa shape index (κ3) is 2.13. The zero-order valence-electron chi connectivity index (χ0n) is 10.7. The predicted molar refractivity (Wildman–Crippen MR) is 78.9 cm³/mol. The van der Waals surface area contributed by atoms with Gasteiger partial charge in [-0.3, -0.25) is 0 Å². The molecule has 0 aliphatic heterocycles. The van der Waals surface area contributed by atoms with Gasteiger partial charge in [0.1, 0.15) is 16.6 Å². The summed E-state index contributed by atoms with van der Waals surface area (Å²) in [6.07, 6.45) is 1.84. The van der Waals surface area contributed by atoms with E-state index < -0.39 is 0 Å². The van der Waals surface area contributed by atoms with Crippen LogP contribution in [0.25, 0.3) is 20.8 Å². The number of nitrogens with zero attached hydrogens (tertiary/aromatic N) is 2. The number of methoxy groups -OCH3 is 1. The summed E-state index contributed by atoms with van der Waals surface area (Å²) in [5.74, 6) is 1.66. The molecule has 1 aromatic carbocycles. The van der Waals surface area contributed by atoms with Gasteiger partial charge in [0, 0.05) is 19.3 Å². The molecule has 19 heavy (non-hydrogen) atoms. The van der Waals surface area contributed by atoms with Crippen molar-refractivity contribution in [1.82, 2.24) is 9.97 Å². The van der Waals surface area contributed by atoms with Crippen molar-refractivity contribution in [2.45, 2.75) is 0 Å². The van der Waals surface area contributed by atoms with E-state index in [1.807, 2.05) is 43.6 Å². The second kappa shape index (κ2) is 4.85. The van der Waals surface area contributed by atoms with Crippen LogP contribution in [0.3, 0.4) is 0 Å². The molecule has 4 nitrogen and oxygen atoms in total. The van der Waals surface area contributed by atoms with E-state index in [1.54, 1.807) is 18.4 Å². The standard InChI is InChI=1S/C14H13N3OS/c1-15-13-7-10-12(8-16-13)19-14(17-10)9-5-3-4-6-11(9)18-2/h3-8H,1-2H3,(H,15,16). The van der Waals surface area contributed by atoms with Crippen molar-refractivity contribution >= 4 is 27.4 Å². The molecule has 0 amide bonds. The molecular weight excluding hydrogens is 258 g/mol. The first-order valence-electron chi connectivity index (χ1n) is 5.89. The molecule has 3 aromatic rings. The normalized spacial score (nSPS) is 10.6. The lowest BCUT2D eigenvalue weighted by Gasteiger charge is -2.04. The van der Waals surface area contributed by atoms with Crippen LogP contribution in [0.15, 0.2) is 36.5 Å². The largest absolute Gasteiger partial charge is 0.496 e. The minimum absolute atomic E-state index is 0.823. The number of thiazole rings is 1. The summed E-state index contributed by atoms with van der Waals surface area (Å²) in [5.41, 5.74) is 1.96. The van der Waals surface area contributed by atoms with Crippen LogP contribution in [0.4, 0.5) is 5.82 Å². The van der Waals surface area contributed by atoms with Crippen molar-refractivity contribution in [2.24, 2.45) is 0 Å². The van der Waals surface area contributed by atoms with E-state index in [9.17, 15) is 0 Å². The molecular formula is C14H13N3OS. The molecule has 0 unspecified atom stereocenters. The number of fused-ring (bicyclic) bond motifs is 1. The Hall–Kier alpha value is -2.14. The Labute approximate surface area is 115 Å². The number of rotatable bonds is 3. The average molecular weight is 271 g/mol. The Kier molecular flexibility index (Phi) is 3.05. The minimum Gasteiger partial charge on any atom is -0.496 e. The second-order valence-corrected chi connectivity index (χ2v) is 5.04. The number of hydrogen-bond donors (Lipinski definition) is 1. The summed E-state index contributed by atoms with van der Waals surface area (Å²) in [4.78, 5) is 8.96. The maximum atomic E-state index is 5.38. The quantitative estimate of drug-likeness (QED) is 0.793. The van der Waals surface area contributed by atoms with E-state index >= 15 is 0 Å². The van der Waals surface area contributed by atoms with Crippen molar-refractivity contribution in [1.29, 1.82) is 0 Å². The lowest BCUT2D eigenvalue weighted by molar-refractivity contribution is 0.416. The first-order chi connectivity index (χ1) is 9.31. The number of para-hydroxylation sites is 1. The van der Waals surface area contributed by atoms with Crippen LogP contribution < -0.4 is 10.1 Å². The second-order valence-electron chi connectivity index (χ2n) is 4.01. The van der Waals surface area contributed by atoms with Crippen LogP contribution in [0.5, 0.6) is 5.75 Å². The summed E-state index contributed by atoms with van der Waals surface area (Å²) in [6, 6.07) is 9.85. The number of anilines is 1. The van der Waals surface area contributed by atoms with Crippen LogP contribution in [0.1, 0.15) is 0 Å². The molecule has 5 heteroatoms. The Morgan fingerprint density at radius 3 is 2.89 bits per heavy atom. The van der Waals surface area contributed by atoms with Crippen molar-refractivity contribution < 1.29 is 4.74 Å². The molecule has 0 saturated carbocycles. The number of hydrogen-bond acceptors (Lipinski definition) is 5. The summed E-state index contributed by atoms with van der Waals surface area (Å²) < 4.78 is 6.45. The summed E-state index contributed by atoms with van der Waals surface area (Å²) in [5, 5.41) is 3.97. The van der Waals surface area contributed by atoms with Crippen molar-refractivity contribution in [3.8, 4) is 16.3 Å². The molecule has 0 bridgehead atoms. The highest BCUT2D eigenvalue weighted by Crippen LogP contribution is 2.35. The van der Waals surface area contributed by atoms with Gasteiger partial charge in [0.05, 0.1) is 22.9 Å². The highest BCUT2D eigenvalue weighted by atomic mass is 32.1. The number of ether oxygens (including phenoxy) is 1. The van der Waals surface area contributed by atoms with Gasteiger partial charge in [-0.1, -0.05) is 12.1 Å². The lowest BCUT2D eigenvalue weighted by atomic mass is 10.2. The molecule has 3 rings (SSSR count). The molecule has 2 aromatic heterocycles. The molecule has 96 valence electrons. The van der Waals surface area contributed by atoms with Gasteiger partial charge in [0.25, 0.3) is 0 Å². The summed E-state index contributed by atoms with van der Waals surface area (Å²) in [7, 11) is 3.52. The van der Waals surface area contributed by atoms with Crippen LogP contribution in [0.2, 0.25) is 0 Å². The van der Waals surface area contributed by atoms with Gasteiger partial charge in [-0.05, 0) is 12.1 Å². The Bertz CT molecular complexity index is 724. The zero-order chi connectivity index (χ0) is 13.2. The van der Waals surface area contributed by atoms with Gasteiger partial charge in [0.2, 0.25) is 0 Å². The van der Waals surface area contributed by atoms with Crippen molar-refractivity contribution in [2.75, 3.05) is 19.5 Å². The number of nitrogens with one attached hydrogen (secondary N) is 1. The fourth-order valence-corrected chi connectivity index (χ4v) is 2.85. The van der Waals surface area contributed by atoms with E-state index in [4.69, 9.17) is 4.74 Å². The SMILES string of the molecule is CNc1cc2nc(-c3ccccc3OC)sc2cn1. The number of aromatic nitrogens is 2. The molecule has 0 spiro atoms. The van der Waals surface area contributed by atoms with Gasteiger partial charge in [-0.2, -0.15) is 0 Å². The molecule has 0 radical (unpaired) electrons. The van der Waals surface area contributed by atoms with Crippen LogP contribution in [-0.2, 0) is 0 Å². The number of benzene rings is 1. The van der Waals surface area contributed by atoms with Crippen LogP contribution in [0, 0.1) is 0 Å². The van der Waals surface area contributed by atoms with Gasteiger partial charge < -0.3 is 10.1 Å². The first kappa shape index (κ1) is 11.9. The monoisotopic (exact) mass is 271 g/mol. The molecule has 1 N–H and O–H groups in total. The fourth-order valence-electron chi connectivity index (χ4n) is 1.91. The van der Waals surface area contributed by atoms with E-state index in [-0.39, 0.29) is 0 Å². The fraction of sp³-hybridized carbons (Fsp3) is 0.143. The average Bonchev–Trinajstić information content (AvgIpc) is 2.89. The van der Waals surface area contributed by atoms with E-state index in [0.717, 1.165) is 32.4 Å². The zero-order valence-corrected chi connectivity index (χ0v) is 11.5. The van der Waals surface area contributed by atoms with Gasteiger partial charge in [-0.25, -0.2) is 9.97 Å². The molecule has 0 aliphatic carbocycles. The third-order valence-electron chi connectivity index (χ3n) is 2.87. The number of pyridine rings is 1. The van der Waals surface area contributed by atoms with E-state index in [0.29, 0.717) is 0 Å². The third-order valence-corrected chi connectivity index (χ3v) is 3.91. The van der Waals surface area contributed by atoms with Crippen molar-refractivity contribution in [3.63, 3.8) is 0 Å². The Morgan fingerprint density at radius 2 is 2.11 bits per heavy atom. The summed E-state index contributed by atoms with van der Waals surface area (Å²) >= 11 is 1.62. The van der Waals surface area contributed by atoms with E-state index in [2.05, 4.69) is 15.3 Å². The van der Waals surface area contributed by atoms with Gasteiger partial charge >= 0.3 is 0 Å². The van der Waals surface area contributed by atoms with Crippen molar-refractivity contribution in [3.05, 3.63) is 36.5 Å². The molecule has 0 aliphatic rings. The molecule has 2 heterocycles. The highest BCUT2D eigenvalue weighted by Gasteiger charge is 2.11. The van der Waals surface area contributed by atoms with Crippen LogP contribution in [-0.4, -0.2) is 24.1 Å². The minimum atomic E-state index is 0.823. The van der Waals surface area contributed by atoms with Gasteiger partial charge in [-0.15, -0.1) is 11.3 Å². The smallest absolute Gasteiger partial charge is 0.129 e.